The van der Waals surface area contributed by atoms with E-state index in [-0.39, 0.29) is 30.6 Å². The fourth-order valence-electron chi connectivity index (χ4n) is 3.01. The van der Waals surface area contributed by atoms with Crippen molar-refractivity contribution in [3.8, 4) is 0 Å². The van der Waals surface area contributed by atoms with Crippen molar-refractivity contribution in [1.82, 2.24) is 16.0 Å². The number of primary amides is 1. The molecule has 0 spiro atoms. The van der Waals surface area contributed by atoms with E-state index in [1.54, 1.807) is 27.7 Å². The van der Waals surface area contributed by atoms with Crippen molar-refractivity contribution in [3.05, 3.63) is 0 Å². The molecule has 8 N–H and O–H groups in total. The molecular formula is C22H41N5O6. The van der Waals surface area contributed by atoms with Crippen LogP contribution in [0.25, 0.3) is 0 Å². The van der Waals surface area contributed by atoms with Gasteiger partial charge in [-0.25, -0.2) is 4.79 Å². The van der Waals surface area contributed by atoms with Crippen LogP contribution in [0.1, 0.15) is 67.2 Å². The molecule has 4 amide bonds. The monoisotopic (exact) mass is 471 g/mol. The van der Waals surface area contributed by atoms with Crippen LogP contribution in [0.4, 0.5) is 0 Å². The molecule has 0 saturated carbocycles. The lowest BCUT2D eigenvalue weighted by Crippen LogP contribution is -2.59. The van der Waals surface area contributed by atoms with Crippen LogP contribution in [0.5, 0.6) is 0 Å². The Bertz CT molecular complexity index is 699. The van der Waals surface area contributed by atoms with Crippen LogP contribution in [0.3, 0.4) is 0 Å². The highest BCUT2D eigenvalue weighted by Crippen LogP contribution is 2.13. The molecule has 11 nitrogen and oxygen atoms in total. The quantitative estimate of drug-likeness (QED) is 0.191. The van der Waals surface area contributed by atoms with Crippen LogP contribution < -0.4 is 27.4 Å². The number of nitrogens with two attached hydrogens (primary N) is 2. The topological polar surface area (TPSA) is 194 Å². The molecule has 0 bridgehead atoms. The summed E-state index contributed by atoms with van der Waals surface area (Å²) in [5.74, 6) is -4.53. The molecule has 0 aliphatic heterocycles. The van der Waals surface area contributed by atoms with Gasteiger partial charge in [0.25, 0.3) is 0 Å². The molecule has 33 heavy (non-hydrogen) atoms. The van der Waals surface area contributed by atoms with Gasteiger partial charge in [0.1, 0.15) is 18.1 Å². The van der Waals surface area contributed by atoms with Gasteiger partial charge in [-0.05, 0) is 24.2 Å². The van der Waals surface area contributed by atoms with Crippen molar-refractivity contribution >= 4 is 29.6 Å². The van der Waals surface area contributed by atoms with Crippen LogP contribution in [-0.4, -0.2) is 58.9 Å². The van der Waals surface area contributed by atoms with Crippen molar-refractivity contribution in [3.63, 3.8) is 0 Å². The number of rotatable bonds is 15. The van der Waals surface area contributed by atoms with Crippen molar-refractivity contribution in [2.75, 3.05) is 0 Å². The van der Waals surface area contributed by atoms with Crippen LogP contribution in [0.2, 0.25) is 0 Å². The first kappa shape index (κ1) is 30.3. The molecule has 0 saturated heterocycles. The summed E-state index contributed by atoms with van der Waals surface area (Å²) in [5, 5.41) is 17.1. The molecule has 0 heterocycles. The lowest BCUT2D eigenvalue weighted by Gasteiger charge is -2.29. The van der Waals surface area contributed by atoms with E-state index < -0.39 is 53.8 Å². The molecule has 0 aromatic heterocycles. The van der Waals surface area contributed by atoms with E-state index in [2.05, 4.69) is 16.0 Å². The predicted octanol–water partition coefficient (Wildman–Crippen LogP) is -0.134. The summed E-state index contributed by atoms with van der Waals surface area (Å²) < 4.78 is 0. The van der Waals surface area contributed by atoms with E-state index in [1.807, 2.05) is 13.8 Å². The molecule has 0 radical (unpaired) electrons. The molecule has 0 rings (SSSR count). The maximum atomic E-state index is 13.0. The number of carboxylic acids is 1. The maximum Gasteiger partial charge on any atom is 0.326 e. The van der Waals surface area contributed by atoms with E-state index in [9.17, 15) is 29.1 Å². The number of nitrogens with one attached hydrogen (secondary N) is 3. The zero-order valence-corrected chi connectivity index (χ0v) is 20.5. The van der Waals surface area contributed by atoms with E-state index in [4.69, 9.17) is 11.5 Å². The third kappa shape index (κ3) is 10.2. The molecule has 6 unspecified atom stereocenters. The van der Waals surface area contributed by atoms with Gasteiger partial charge in [-0.3, -0.25) is 19.2 Å². The number of aliphatic carboxylic acids is 1. The number of carbonyl (C=O) groups excluding carboxylic acids is 4. The smallest absolute Gasteiger partial charge is 0.326 e. The van der Waals surface area contributed by atoms with Crippen LogP contribution >= 0.6 is 0 Å². The summed E-state index contributed by atoms with van der Waals surface area (Å²) >= 11 is 0. The Balaban J connectivity index is 5.67. The minimum atomic E-state index is -1.17. The maximum absolute atomic E-state index is 13.0. The van der Waals surface area contributed by atoms with E-state index in [1.165, 1.54) is 0 Å². The summed E-state index contributed by atoms with van der Waals surface area (Å²) in [6, 6.07) is -4.16. The summed E-state index contributed by atoms with van der Waals surface area (Å²) in [5.41, 5.74) is 11.0. The molecule has 0 fully saturated rings. The van der Waals surface area contributed by atoms with Gasteiger partial charge in [0.2, 0.25) is 23.6 Å². The van der Waals surface area contributed by atoms with E-state index in [0.29, 0.717) is 12.8 Å². The fraction of sp³-hybridized carbons (Fsp3) is 0.773. The lowest BCUT2D eigenvalue weighted by molar-refractivity contribution is -0.144. The van der Waals surface area contributed by atoms with Gasteiger partial charge in [0, 0.05) is 6.42 Å². The Labute approximate surface area is 195 Å². The number of hydrogen-bond acceptors (Lipinski definition) is 6. The van der Waals surface area contributed by atoms with Gasteiger partial charge >= 0.3 is 5.97 Å². The zero-order chi connectivity index (χ0) is 25.9. The van der Waals surface area contributed by atoms with Gasteiger partial charge in [-0.1, -0.05) is 54.4 Å². The Morgan fingerprint density at radius 2 is 1.27 bits per heavy atom. The molecule has 0 aliphatic rings. The molecule has 6 atom stereocenters. The molecule has 190 valence electrons. The average Bonchev–Trinajstić information content (AvgIpc) is 2.75. The third-order valence-electron chi connectivity index (χ3n) is 5.90. The molecular weight excluding hydrogens is 430 g/mol. The summed E-state index contributed by atoms with van der Waals surface area (Å²) in [4.78, 5) is 61.2. The molecule has 0 aliphatic carbocycles. The van der Waals surface area contributed by atoms with E-state index in [0.717, 1.165) is 0 Å². The number of carbonyl (C=O) groups is 5. The highest BCUT2D eigenvalue weighted by molar-refractivity contribution is 5.94. The Kier molecular flexibility index (Phi) is 13.3. The van der Waals surface area contributed by atoms with Crippen molar-refractivity contribution in [2.45, 2.75) is 91.4 Å². The fourth-order valence-corrected chi connectivity index (χ4v) is 3.01. The standard InChI is InChI=1S/C22H41N5O6/c1-7-12(5)17(21(31)27-18(22(32)33)13(6)8-2)26-19(29)14(9-10-15(23)28)25-20(30)16(24)11(3)4/h11-14,16-18H,7-10,24H2,1-6H3,(H2,23,28)(H,25,30)(H,26,29)(H,27,31)(H,32,33). The van der Waals surface area contributed by atoms with Crippen molar-refractivity contribution in [1.29, 1.82) is 0 Å². The third-order valence-corrected chi connectivity index (χ3v) is 5.90. The summed E-state index contributed by atoms with van der Waals surface area (Å²) in [6.45, 7) is 10.6. The predicted molar refractivity (Wildman–Crippen MR) is 124 cm³/mol. The Morgan fingerprint density at radius 3 is 1.70 bits per heavy atom. The SMILES string of the molecule is CCC(C)C(NC(=O)C(NC(=O)C(CCC(N)=O)NC(=O)C(N)C(C)C)C(C)CC)C(=O)O. The largest absolute Gasteiger partial charge is 0.480 e. The normalized spacial score (nSPS) is 16.6. The van der Waals surface area contributed by atoms with Crippen LogP contribution in [0.15, 0.2) is 0 Å². The van der Waals surface area contributed by atoms with Gasteiger partial charge in [0.05, 0.1) is 6.04 Å². The highest BCUT2D eigenvalue weighted by Gasteiger charge is 2.34. The Morgan fingerprint density at radius 1 is 0.788 bits per heavy atom. The minimum absolute atomic E-state index is 0.0722. The first-order chi connectivity index (χ1) is 15.3. The minimum Gasteiger partial charge on any atom is -0.480 e. The average molecular weight is 472 g/mol. The van der Waals surface area contributed by atoms with Gasteiger partial charge in [-0.2, -0.15) is 0 Å². The summed E-state index contributed by atoms with van der Waals surface area (Å²) in [7, 11) is 0. The van der Waals surface area contributed by atoms with Gasteiger partial charge < -0.3 is 32.5 Å². The molecule has 0 aromatic rings. The molecule has 11 heteroatoms. The number of hydrogen-bond donors (Lipinski definition) is 6. The van der Waals surface area contributed by atoms with Crippen molar-refractivity contribution in [2.24, 2.45) is 29.2 Å². The van der Waals surface area contributed by atoms with E-state index >= 15 is 0 Å². The Hall–Kier alpha value is -2.69. The zero-order valence-electron chi connectivity index (χ0n) is 20.5. The number of carboxylic acid groups (broad SMARTS) is 1. The van der Waals surface area contributed by atoms with Crippen LogP contribution in [0, 0.1) is 17.8 Å². The second-order valence-electron chi connectivity index (χ2n) is 8.92. The van der Waals surface area contributed by atoms with Crippen molar-refractivity contribution < 1.29 is 29.1 Å². The highest BCUT2D eigenvalue weighted by atomic mass is 16.4. The van der Waals surface area contributed by atoms with Gasteiger partial charge in [-0.15, -0.1) is 0 Å². The van der Waals surface area contributed by atoms with Gasteiger partial charge in [0.15, 0.2) is 0 Å². The second kappa shape index (κ2) is 14.5. The summed E-state index contributed by atoms with van der Waals surface area (Å²) in [6.07, 6.45) is 0.826. The lowest BCUT2D eigenvalue weighted by atomic mass is 9.95. The molecule has 0 aromatic carbocycles. The first-order valence-electron chi connectivity index (χ1n) is 11.4. The number of amides is 4. The second-order valence-corrected chi connectivity index (χ2v) is 8.92. The van der Waals surface area contributed by atoms with Crippen LogP contribution in [-0.2, 0) is 24.0 Å². The first-order valence-corrected chi connectivity index (χ1v) is 11.4.